The minimum Gasteiger partial charge on any atom is -0.346 e. The van der Waals surface area contributed by atoms with E-state index in [1.54, 1.807) is 24.1 Å². The predicted molar refractivity (Wildman–Crippen MR) is 61.1 cm³/mol. The molecule has 0 saturated carbocycles. The molecular weight excluding hydrogens is 261 g/mol. The maximum Gasteiger partial charge on any atom is 0.219 e. The smallest absolute Gasteiger partial charge is 0.219 e. The van der Waals surface area contributed by atoms with E-state index in [1.807, 2.05) is 0 Å². The first-order chi connectivity index (χ1) is 7.00. The molecule has 4 heteroatoms. The van der Waals surface area contributed by atoms with Crippen LogP contribution in [-0.4, -0.2) is 24.4 Å². The third-order valence-electron chi connectivity index (χ3n) is 2.26. The Labute approximate surface area is 97.2 Å². The van der Waals surface area contributed by atoms with E-state index in [4.69, 9.17) is 0 Å². The second kappa shape index (κ2) is 5.26. The fourth-order valence-corrected chi connectivity index (χ4v) is 1.59. The Morgan fingerprint density at radius 2 is 2.20 bits per heavy atom. The Hall–Kier alpha value is -0.900. The van der Waals surface area contributed by atoms with Gasteiger partial charge < -0.3 is 4.90 Å². The van der Waals surface area contributed by atoms with Crippen LogP contribution in [0.1, 0.15) is 12.5 Å². The van der Waals surface area contributed by atoms with E-state index >= 15 is 0 Å². The molecule has 82 valence electrons. The van der Waals surface area contributed by atoms with Gasteiger partial charge in [-0.25, -0.2) is 4.39 Å². The van der Waals surface area contributed by atoms with Gasteiger partial charge in [0.05, 0.1) is 0 Å². The van der Waals surface area contributed by atoms with Crippen molar-refractivity contribution in [2.45, 2.75) is 13.3 Å². The fraction of sp³-hybridized carbons (Fsp3) is 0.364. The zero-order valence-electron chi connectivity index (χ0n) is 8.76. The first-order valence-corrected chi connectivity index (χ1v) is 5.45. The van der Waals surface area contributed by atoms with E-state index in [2.05, 4.69) is 15.9 Å². The summed E-state index contributed by atoms with van der Waals surface area (Å²) >= 11 is 3.29. The number of likely N-dealkylation sites (N-methyl/N-ethyl adjacent to an activating group) is 1. The summed E-state index contributed by atoms with van der Waals surface area (Å²) in [6.45, 7) is 2.03. The van der Waals surface area contributed by atoms with Crippen molar-refractivity contribution in [3.8, 4) is 0 Å². The van der Waals surface area contributed by atoms with Gasteiger partial charge in [-0.05, 0) is 30.2 Å². The molecule has 0 heterocycles. The van der Waals surface area contributed by atoms with Gasteiger partial charge in [-0.2, -0.15) is 0 Å². The number of hydrogen-bond donors (Lipinski definition) is 0. The molecule has 0 saturated heterocycles. The lowest BCUT2D eigenvalue weighted by molar-refractivity contribution is -0.127. The van der Waals surface area contributed by atoms with Crippen molar-refractivity contribution < 1.29 is 9.18 Å². The van der Waals surface area contributed by atoms with E-state index in [-0.39, 0.29) is 11.7 Å². The van der Waals surface area contributed by atoms with Crippen LogP contribution in [0.4, 0.5) is 4.39 Å². The molecule has 0 radical (unpaired) electrons. The van der Waals surface area contributed by atoms with Gasteiger partial charge in [0.1, 0.15) is 5.82 Å². The van der Waals surface area contributed by atoms with E-state index in [1.165, 1.54) is 13.0 Å². The first-order valence-electron chi connectivity index (χ1n) is 4.66. The molecule has 0 aliphatic heterocycles. The largest absolute Gasteiger partial charge is 0.346 e. The van der Waals surface area contributed by atoms with Crippen LogP contribution in [0.5, 0.6) is 0 Å². The molecule has 1 amide bonds. The Morgan fingerprint density at radius 1 is 1.53 bits per heavy atom. The standard InChI is InChI=1S/C11H13BrFNO/c1-8(15)14(2)6-5-9-7-10(12)3-4-11(9)13/h3-4,7H,5-6H2,1-2H3. The summed E-state index contributed by atoms with van der Waals surface area (Å²) in [6, 6.07) is 4.82. The van der Waals surface area contributed by atoms with Gasteiger partial charge in [0.15, 0.2) is 0 Å². The monoisotopic (exact) mass is 273 g/mol. The molecule has 1 aromatic carbocycles. The summed E-state index contributed by atoms with van der Waals surface area (Å²) in [5, 5.41) is 0. The maximum atomic E-state index is 13.3. The second-order valence-electron chi connectivity index (χ2n) is 3.43. The second-order valence-corrected chi connectivity index (χ2v) is 4.34. The number of nitrogens with zero attached hydrogens (tertiary/aromatic N) is 1. The number of hydrogen-bond acceptors (Lipinski definition) is 1. The molecule has 1 aromatic rings. The number of amides is 1. The highest BCUT2D eigenvalue weighted by atomic mass is 79.9. The zero-order chi connectivity index (χ0) is 11.4. The van der Waals surface area contributed by atoms with Gasteiger partial charge in [-0.3, -0.25) is 4.79 Å². The van der Waals surface area contributed by atoms with E-state index in [0.29, 0.717) is 18.5 Å². The number of benzene rings is 1. The Bertz CT molecular complexity index is 368. The molecule has 1 rings (SSSR count). The van der Waals surface area contributed by atoms with Crippen molar-refractivity contribution in [1.29, 1.82) is 0 Å². The molecule has 0 N–H and O–H groups in total. The van der Waals surface area contributed by atoms with Gasteiger partial charge in [0, 0.05) is 25.0 Å². The van der Waals surface area contributed by atoms with Crippen LogP contribution in [0.15, 0.2) is 22.7 Å². The topological polar surface area (TPSA) is 20.3 Å². The summed E-state index contributed by atoms with van der Waals surface area (Å²) in [6.07, 6.45) is 0.529. The average Bonchev–Trinajstić information content (AvgIpc) is 2.18. The number of rotatable bonds is 3. The summed E-state index contributed by atoms with van der Waals surface area (Å²) in [7, 11) is 1.71. The van der Waals surface area contributed by atoms with Crippen LogP contribution in [0.2, 0.25) is 0 Å². The van der Waals surface area contributed by atoms with Gasteiger partial charge in [0.25, 0.3) is 0 Å². The van der Waals surface area contributed by atoms with Crippen molar-refractivity contribution in [3.63, 3.8) is 0 Å². The first kappa shape index (κ1) is 12.2. The summed E-state index contributed by atoms with van der Waals surface area (Å²) in [5.41, 5.74) is 0.623. The minimum absolute atomic E-state index is 0.00888. The number of halogens is 2. The molecular formula is C11H13BrFNO. The third-order valence-corrected chi connectivity index (χ3v) is 2.76. The van der Waals surface area contributed by atoms with Crippen LogP contribution < -0.4 is 0 Å². The molecule has 0 spiro atoms. The minimum atomic E-state index is -0.227. The van der Waals surface area contributed by atoms with Crippen molar-refractivity contribution in [2.24, 2.45) is 0 Å². The summed E-state index contributed by atoms with van der Waals surface area (Å²) in [4.78, 5) is 12.5. The SMILES string of the molecule is CC(=O)N(C)CCc1cc(Br)ccc1F. The molecule has 15 heavy (non-hydrogen) atoms. The highest BCUT2D eigenvalue weighted by molar-refractivity contribution is 9.10. The van der Waals surface area contributed by atoms with Crippen molar-refractivity contribution in [2.75, 3.05) is 13.6 Å². The van der Waals surface area contributed by atoms with Crippen molar-refractivity contribution in [3.05, 3.63) is 34.1 Å². The van der Waals surface area contributed by atoms with E-state index in [9.17, 15) is 9.18 Å². The summed E-state index contributed by atoms with van der Waals surface area (Å²) < 4.78 is 14.1. The molecule has 0 aliphatic carbocycles. The van der Waals surface area contributed by atoms with Crippen molar-refractivity contribution in [1.82, 2.24) is 4.90 Å². The molecule has 0 aliphatic rings. The van der Waals surface area contributed by atoms with Gasteiger partial charge in [-0.1, -0.05) is 15.9 Å². The lowest BCUT2D eigenvalue weighted by Gasteiger charge is -2.14. The van der Waals surface area contributed by atoms with E-state index in [0.717, 1.165) is 4.47 Å². The molecule has 0 fully saturated rings. The molecule has 2 nitrogen and oxygen atoms in total. The van der Waals surface area contributed by atoms with Crippen LogP contribution in [0.25, 0.3) is 0 Å². The number of carbonyl (C=O) groups excluding carboxylic acids is 1. The lowest BCUT2D eigenvalue weighted by Crippen LogP contribution is -2.26. The Morgan fingerprint density at radius 3 is 2.80 bits per heavy atom. The van der Waals surface area contributed by atoms with Gasteiger partial charge in [-0.15, -0.1) is 0 Å². The van der Waals surface area contributed by atoms with Crippen molar-refractivity contribution >= 4 is 21.8 Å². The van der Waals surface area contributed by atoms with Crippen LogP contribution in [0, 0.1) is 5.82 Å². The van der Waals surface area contributed by atoms with Gasteiger partial charge in [0.2, 0.25) is 5.91 Å². The van der Waals surface area contributed by atoms with Crippen LogP contribution >= 0.6 is 15.9 Å². The third kappa shape index (κ3) is 3.63. The normalized spacial score (nSPS) is 10.1. The molecule has 0 unspecified atom stereocenters. The quantitative estimate of drug-likeness (QED) is 0.829. The highest BCUT2D eigenvalue weighted by Crippen LogP contribution is 2.16. The molecule has 0 aromatic heterocycles. The van der Waals surface area contributed by atoms with E-state index < -0.39 is 0 Å². The number of carbonyl (C=O) groups is 1. The fourth-order valence-electron chi connectivity index (χ4n) is 1.18. The maximum absolute atomic E-state index is 13.3. The lowest BCUT2D eigenvalue weighted by atomic mass is 10.1. The molecule has 0 bridgehead atoms. The predicted octanol–water partition coefficient (Wildman–Crippen LogP) is 2.61. The zero-order valence-corrected chi connectivity index (χ0v) is 10.3. The Kier molecular flexibility index (Phi) is 4.27. The summed E-state index contributed by atoms with van der Waals surface area (Å²) in [5.74, 6) is -0.236. The Balaban J connectivity index is 2.65. The molecule has 0 atom stereocenters. The van der Waals surface area contributed by atoms with Crippen LogP contribution in [-0.2, 0) is 11.2 Å². The van der Waals surface area contributed by atoms with Gasteiger partial charge >= 0.3 is 0 Å². The highest BCUT2D eigenvalue weighted by Gasteiger charge is 2.06. The average molecular weight is 274 g/mol. The van der Waals surface area contributed by atoms with Crippen LogP contribution in [0.3, 0.4) is 0 Å².